The van der Waals surface area contributed by atoms with E-state index in [1.165, 1.54) is 0 Å². The van der Waals surface area contributed by atoms with Gasteiger partial charge in [-0.15, -0.1) is 0 Å². The molecule has 0 radical (unpaired) electrons. The van der Waals surface area contributed by atoms with Crippen molar-refractivity contribution < 1.29 is 0 Å². The summed E-state index contributed by atoms with van der Waals surface area (Å²) in [6.45, 7) is 2.05. The zero-order chi connectivity index (χ0) is 10.8. The molecule has 0 spiro atoms. The molecule has 2 rings (SSSR count). The van der Waals surface area contributed by atoms with E-state index in [1.54, 1.807) is 0 Å². The molecule has 0 fully saturated rings. The van der Waals surface area contributed by atoms with E-state index in [0.29, 0.717) is 0 Å². The first-order chi connectivity index (χ1) is 7.18. The van der Waals surface area contributed by atoms with Gasteiger partial charge in [-0.2, -0.15) is 0 Å². The van der Waals surface area contributed by atoms with Crippen LogP contribution in [-0.2, 0) is 0 Å². The van der Waals surface area contributed by atoms with Gasteiger partial charge >= 0.3 is 0 Å². The Morgan fingerprint density at radius 2 is 2.27 bits per heavy atom. The maximum absolute atomic E-state index is 4.40. The summed E-state index contributed by atoms with van der Waals surface area (Å²) < 4.78 is 1.01. The van der Waals surface area contributed by atoms with Crippen LogP contribution in [0.15, 0.2) is 35.2 Å². The molecule has 1 N–H and O–H groups in total. The van der Waals surface area contributed by atoms with Crippen LogP contribution in [0.2, 0.25) is 0 Å². The minimum absolute atomic E-state index is 0.970. The minimum Gasteiger partial charge on any atom is -0.366 e. The summed E-state index contributed by atoms with van der Waals surface area (Å²) in [5, 5.41) is 0. The van der Waals surface area contributed by atoms with E-state index in [9.17, 15) is 0 Å². The number of hydrogen-bond donors (Lipinski definition) is 1. The first kappa shape index (κ1) is 10.2. The highest BCUT2D eigenvalue weighted by Gasteiger charge is 2.08. The van der Waals surface area contributed by atoms with Crippen LogP contribution in [0.3, 0.4) is 0 Å². The van der Waals surface area contributed by atoms with Crippen molar-refractivity contribution in [1.29, 1.82) is 0 Å². The second-order valence-electron chi connectivity index (χ2n) is 3.42. The lowest BCUT2D eigenvalue weighted by Gasteiger charge is -2.18. The van der Waals surface area contributed by atoms with Gasteiger partial charge in [-0.3, -0.25) is 0 Å². The van der Waals surface area contributed by atoms with Gasteiger partial charge in [-0.1, -0.05) is 0 Å². The smallest absolute Gasteiger partial charge is 0.135 e. The van der Waals surface area contributed by atoms with Gasteiger partial charge in [0.25, 0.3) is 0 Å². The standard InChI is InChI=1S/C11H12BrN3/c1-8-5-9(12)6-14-11(8)15(2)10-3-4-13-7-10/h3-7,13H,1-2H3. The van der Waals surface area contributed by atoms with E-state index < -0.39 is 0 Å². The van der Waals surface area contributed by atoms with Gasteiger partial charge in [0.1, 0.15) is 5.82 Å². The summed E-state index contributed by atoms with van der Waals surface area (Å²) in [7, 11) is 2.01. The van der Waals surface area contributed by atoms with Crippen molar-refractivity contribution in [1.82, 2.24) is 9.97 Å². The number of anilines is 2. The van der Waals surface area contributed by atoms with E-state index in [-0.39, 0.29) is 0 Å². The molecule has 0 aliphatic rings. The molecule has 3 nitrogen and oxygen atoms in total. The zero-order valence-corrected chi connectivity index (χ0v) is 10.2. The van der Waals surface area contributed by atoms with E-state index in [0.717, 1.165) is 21.5 Å². The van der Waals surface area contributed by atoms with Crippen molar-refractivity contribution >= 4 is 27.4 Å². The Kier molecular flexibility index (Phi) is 2.77. The van der Waals surface area contributed by atoms with Gasteiger partial charge < -0.3 is 9.88 Å². The van der Waals surface area contributed by atoms with Crippen molar-refractivity contribution in [3.05, 3.63) is 40.8 Å². The average molecular weight is 266 g/mol. The first-order valence-corrected chi connectivity index (χ1v) is 5.46. The predicted octanol–water partition coefficient (Wildman–Crippen LogP) is 3.25. The lowest BCUT2D eigenvalue weighted by atomic mass is 10.2. The Balaban J connectivity index is 2.38. The minimum atomic E-state index is 0.970. The summed E-state index contributed by atoms with van der Waals surface area (Å²) in [5.41, 5.74) is 2.25. The number of aromatic nitrogens is 2. The monoisotopic (exact) mass is 265 g/mol. The van der Waals surface area contributed by atoms with Crippen molar-refractivity contribution in [2.24, 2.45) is 0 Å². The van der Waals surface area contributed by atoms with Gasteiger partial charge in [-0.05, 0) is 40.5 Å². The number of aromatic amines is 1. The van der Waals surface area contributed by atoms with Crippen LogP contribution >= 0.6 is 15.9 Å². The number of halogens is 1. The molecule has 0 unspecified atom stereocenters. The number of rotatable bonds is 2. The third-order valence-corrected chi connectivity index (χ3v) is 2.74. The molecular weight excluding hydrogens is 254 g/mol. The number of H-pyrrole nitrogens is 1. The summed E-state index contributed by atoms with van der Waals surface area (Å²) in [4.78, 5) is 9.49. The highest BCUT2D eigenvalue weighted by molar-refractivity contribution is 9.10. The van der Waals surface area contributed by atoms with Crippen molar-refractivity contribution in [2.75, 3.05) is 11.9 Å². The van der Waals surface area contributed by atoms with E-state index in [4.69, 9.17) is 0 Å². The Morgan fingerprint density at radius 1 is 1.47 bits per heavy atom. The van der Waals surface area contributed by atoms with Crippen LogP contribution in [-0.4, -0.2) is 17.0 Å². The molecule has 15 heavy (non-hydrogen) atoms. The Morgan fingerprint density at radius 3 is 2.87 bits per heavy atom. The largest absolute Gasteiger partial charge is 0.366 e. The number of pyridine rings is 1. The second kappa shape index (κ2) is 4.06. The molecule has 0 saturated carbocycles. The van der Waals surface area contributed by atoms with Crippen LogP contribution in [0.5, 0.6) is 0 Å². The Hall–Kier alpha value is -1.29. The third-order valence-electron chi connectivity index (χ3n) is 2.30. The normalized spacial score (nSPS) is 10.3. The molecular formula is C11H12BrN3. The summed E-state index contributed by atoms with van der Waals surface area (Å²) in [5.74, 6) is 0.970. The van der Waals surface area contributed by atoms with Gasteiger partial charge in [-0.25, -0.2) is 4.98 Å². The van der Waals surface area contributed by atoms with Gasteiger partial charge in [0.15, 0.2) is 0 Å². The van der Waals surface area contributed by atoms with Crippen molar-refractivity contribution in [2.45, 2.75) is 6.92 Å². The molecule has 0 atom stereocenters. The highest BCUT2D eigenvalue weighted by Crippen LogP contribution is 2.25. The summed E-state index contributed by atoms with van der Waals surface area (Å²) >= 11 is 3.41. The van der Waals surface area contributed by atoms with Crippen LogP contribution in [0, 0.1) is 6.92 Å². The Bertz CT molecular complexity index is 451. The second-order valence-corrected chi connectivity index (χ2v) is 4.34. The fourth-order valence-electron chi connectivity index (χ4n) is 1.53. The molecule has 0 aromatic carbocycles. The topological polar surface area (TPSA) is 31.9 Å². The van der Waals surface area contributed by atoms with Gasteiger partial charge in [0, 0.05) is 30.1 Å². The SMILES string of the molecule is Cc1cc(Br)cnc1N(C)c1cc[nH]c1. The van der Waals surface area contributed by atoms with Crippen LogP contribution < -0.4 is 4.90 Å². The molecule has 0 aliphatic carbocycles. The maximum atomic E-state index is 4.40. The maximum Gasteiger partial charge on any atom is 0.135 e. The fourth-order valence-corrected chi connectivity index (χ4v) is 1.98. The predicted molar refractivity (Wildman–Crippen MR) is 65.5 cm³/mol. The zero-order valence-electron chi connectivity index (χ0n) is 8.66. The number of nitrogens with one attached hydrogen (secondary N) is 1. The lowest BCUT2D eigenvalue weighted by Crippen LogP contribution is -2.11. The first-order valence-electron chi connectivity index (χ1n) is 4.67. The van der Waals surface area contributed by atoms with Crippen LogP contribution in [0.1, 0.15) is 5.56 Å². The molecule has 4 heteroatoms. The molecule has 0 amide bonds. The summed E-state index contributed by atoms with van der Waals surface area (Å²) in [6.07, 6.45) is 5.66. The summed E-state index contributed by atoms with van der Waals surface area (Å²) in [6, 6.07) is 4.08. The lowest BCUT2D eigenvalue weighted by molar-refractivity contribution is 1.10. The molecule has 0 saturated heterocycles. The van der Waals surface area contributed by atoms with E-state index in [1.807, 2.05) is 31.7 Å². The van der Waals surface area contributed by atoms with Crippen molar-refractivity contribution in [3.63, 3.8) is 0 Å². The van der Waals surface area contributed by atoms with E-state index >= 15 is 0 Å². The molecule has 2 aromatic heterocycles. The van der Waals surface area contributed by atoms with E-state index in [2.05, 4.69) is 43.8 Å². The number of aryl methyl sites for hydroxylation is 1. The molecule has 0 bridgehead atoms. The molecule has 2 heterocycles. The van der Waals surface area contributed by atoms with Crippen molar-refractivity contribution in [3.8, 4) is 0 Å². The van der Waals surface area contributed by atoms with Crippen LogP contribution in [0.25, 0.3) is 0 Å². The molecule has 0 aliphatic heterocycles. The third kappa shape index (κ3) is 2.04. The van der Waals surface area contributed by atoms with Gasteiger partial charge in [0.2, 0.25) is 0 Å². The molecule has 78 valence electrons. The molecule has 2 aromatic rings. The Labute approximate surface area is 97.3 Å². The van der Waals surface area contributed by atoms with Gasteiger partial charge in [0.05, 0.1) is 5.69 Å². The fraction of sp³-hybridized carbons (Fsp3) is 0.182. The number of hydrogen-bond acceptors (Lipinski definition) is 2. The highest BCUT2D eigenvalue weighted by atomic mass is 79.9. The average Bonchev–Trinajstić information content (AvgIpc) is 2.69. The van der Waals surface area contributed by atoms with Crippen LogP contribution in [0.4, 0.5) is 11.5 Å². The quantitative estimate of drug-likeness (QED) is 0.904. The number of nitrogens with zero attached hydrogens (tertiary/aromatic N) is 2.